The monoisotopic (exact) mass is 404 g/mol. The molecule has 3 aromatic rings. The summed E-state index contributed by atoms with van der Waals surface area (Å²) in [5, 5.41) is 5.37. The summed E-state index contributed by atoms with van der Waals surface area (Å²) < 4.78 is 3.51. The van der Waals surface area contributed by atoms with E-state index in [2.05, 4.69) is 15.6 Å². The number of nitrogens with zero attached hydrogens (tertiary/aromatic N) is 4. The Balaban J connectivity index is 1.93. The van der Waals surface area contributed by atoms with Gasteiger partial charge in [0, 0.05) is 26.7 Å². The molecule has 0 atom stereocenters. The Morgan fingerprint density at radius 2 is 1.89 bits per heavy atom. The summed E-state index contributed by atoms with van der Waals surface area (Å²) in [7, 11) is 3.10. The Hall–Kier alpha value is -3.40. The van der Waals surface area contributed by atoms with Crippen molar-refractivity contribution in [2.75, 3.05) is 10.6 Å². The molecule has 0 fully saturated rings. The number of anilines is 2. The second kappa shape index (κ2) is 7.31. The fourth-order valence-corrected chi connectivity index (χ4v) is 2.94. The number of fused-ring (bicyclic) bond motifs is 1. The number of aromatic nitrogens is 4. The lowest BCUT2D eigenvalue weighted by Crippen LogP contribution is -2.42. The number of nitrogens with one attached hydrogen (secondary N) is 2. The van der Waals surface area contributed by atoms with Crippen LogP contribution in [0.15, 0.2) is 34.1 Å². The summed E-state index contributed by atoms with van der Waals surface area (Å²) in [6, 6.07) is 4.57. The van der Waals surface area contributed by atoms with Crippen LogP contribution in [0.1, 0.15) is 6.92 Å². The van der Waals surface area contributed by atoms with Crippen molar-refractivity contribution in [1.82, 2.24) is 18.7 Å². The minimum Gasteiger partial charge on any atom is -0.328 e. The molecule has 11 heteroatoms. The van der Waals surface area contributed by atoms with Crippen LogP contribution >= 0.6 is 11.6 Å². The zero-order valence-electron chi connectivity index (χ0n) is 15.3. The lowest BCUT2D eigenvalue weighted by Gasteiger charge is -2.11. The standard InChI is InChI=1S/C17H17ClN6O4/c1-9(25)20-10-4-5-11(18)12(6-10)21-13(26)7-24-16(27)14-15(19-8-22(14)2)23(3)17(24)28/h4-6,8H,7H2,1-3H3,(H,20,25)(H,21,26). The molecule has 146 valence electrons. The van der Waals surface area contributed by atoms with E-state index in [9.17, 15) is 19.2 Å². The Morgan fingerprint density at radius 1 is 1.18 bits per heavy atom. The van der Waals surface area contributed by atoms with Gasteiger partial charge in [0.2, 0.25) is 11.8 Å². The Bertz CT molecular complexity index is 1220. The number of hydrogen-bond donors (Lipinski definition) is 2. The summed E-state index contributed by atoms with van der Waals surface area (Å²) in [5.41, 5.74) is -0.155. The van der Waals surface area contributed by atoms with E-state index >= 15 is 0 Å². The molecule has 0 aliphatic rings. The van der Waals surface area contributed by atoms with Crippen molar-refractivity contribution in [3.05, 3.63) is 50.4 Å². The highest BCUT2D eigenvalue weighted by Crippen LogP contribution is 2.25. The number of halogens is 1. The number of carbonyl (C=O) groups excluding carboxylic acids is 2. The number of benzene rings is 1. The highest BCUT2D eigenvalue weighted by molar-refractivity contribution is 6.33. The summed E-state index contributed by atoms with van der Waals surface area (Å²) in [4.78, 5) is 52.8. The largest absolute Gasteiger partial charge is 0.332 e. The average molecular weight is 405 g/mol. The van der Waals surface area contributed by atoms with Gasteiger partial charge < -0.3 is 15.2 Å². The van der Waals surface area contributed by atoms with Gasteiger partial charge in [-0.25, -0.2) is 14.3 Å². The first-order valence-corrected chi connectivity index (χ1v) is 8.54. The topological polar surface area (TPSA) is 120 Å². The predicted molar refractivity (Wildman–Crippen MR) is 105 cm³/mol. The summed E-state index contributed by atoms with van der Waals surface area (Å²) in [5.74, 6) is -0.901. The van der Waals surface area contributed by atoms with Crippen molar-refractivity contribution >= 4 is 46.0 Å². The number of amides is 2. The number of rotatable bonds is 4. The van der Waals surface area contributed by atoms with Crippen LogP contribution < -0.4 is 21.9 Å². The molecule has 2 aromatic heterocycles. The molecule has 0 bridgehead atoms. The number of hydrogen-bond acceptors (Lipinski definition) is 5. The van der Waals surface area contributed by atoms with Crippen LogP contribution in [0.5, 0.6) is 0 Å². The molecule has 0 unspecified atom stereocenters. The molecule has 28 heavy (non-hydrogen) atoms. The maximum Gasteiger partial charge on any atom is 0.332 e. The van der Waals surface area contributed by atoms with E-state index in [0.717, 1.165) is 4.57 Å². The van der Waals surface area contributed by atoms with Crippen LogP contribution in [0, 0.1) is 0 Å². The van der Waals surface area contributed by atoms with Crippen molar-refractivity contribution in [2.24, 2.45) is 14.1 Å². The molecule has 0 saturated carbocycles. The minimum atomic E-state index is -0.663. The molecule has 10 nitrogen and oxygen atoms in total. The van der Waals surface area contributed by atoms with Crippen LogP contribution in [-0.4, -0.2) is 30.5 Å². The fraction of sp³-hybridized carbons (Fsp3) is 0.235. The molecule has 2 heterocycles. The van der Waals surface area contributed by atoms with Crippen LogP contribution in [0.2, 0.25) is 5.02 Å². The van der Waals surface area contributed by atoms with E-state index in [1.54, 1.807) is 13.1 Å². The molecule has 0 saturated heterocycles. The average Bonchev–Trinajstić information content (AvgIpc) is 3.01. The molecule has 2 amide bonds. The van der Waals surface area contributed by atoms with Gasteiger partial charge in [-0.05, 0) is 18.2 Å². The predicted octanol–water partition coefficient (Wildman–Crippen LogP) is 0.684. The number of carbonyl (C=O) groups is 2. The fourth-order valence-electron chi connectivity index (χ4n) is 2.77. The van der Waals surface area contributed by atoms with Crippen LogP contribution in [-0.2, 0) is 30.2 Å². The molecule has 1 aromatic carbocycles. The second-order valence-electron chi connectivity index (χ2n) is 6.18. The van der Waals surface area contributed by atoms with E-state index in [1.165, 1.54) is 41.6 Å². The lowest BCUT2D eigenvalue weighted by atomic mass is 10.2. The highest BCUT2D eigenvalue weighted by Gasteiger charge is 2.17. The van der Waals surface area contributed by atoms with Gasteiger partial charge in [-0.1, -0.05) is 11.6 Å². The van der Waals surface area contributed by atoms with E-state index < -0.39 is 23.7 Å². The third-order valence-electron chi connectivity index (χ3n) is 4.06. The van der Waals surface area contributed by atoms with E-state index in [-0.39, 0.29) is 27.8 Å². The summed E-state index contributed by atoms with van der Waals surface area (Å²) in [6.45, 7) is 0.844. The second-order valence-corrected chi connectivity index (χ2v) is 6.59. The van der Waals surface area contributed by atoms with Gasteiger partial charge in [-0.2, -0.15) is 0 Å². The Labute approximate surface area is 163 Å². The SMILES string of the molecule is CC(=O)Nc1ccc(Cl)c(NC(=O)Cn2c(=O)c3c(ncn3C)n(C)c2=O)c1. The lowest BCUT2D eigenvalue weighted by molar-refractivity contribution is -0.117. The van der Waals surface area contributed by atoms with Gasteiger partial charge in [0.1, 0.15) is 6.54 Å². The minimum absolute atomic E-state index is 0.209. The van der Waals surface area contributed by atoms with Crippen LogP contribution in [0.3, 0.4) is 0 Å². The van der Waals surface area contributed by atoms with Gasteiger partial charge in [0.15, 0.2) is 11.2 Å². The molecule has 0 aliphatic carbocycles. The van der Waals surface area contributed by atoms with Crippen LogP contribution in [0.25, 0.3) is 11.2 Å². The summed E-state index contributed by atoms with van der Waals surface area (Å²) in [6.07, 6.45) is 1.42. The maximum atomic E-state index is 12.6. The third-order valence-corrected chi connectivity index (χ3v) is 4.39. The van der Waals surface area contributed by atoms with Gasteiger partial charge in [-0.15, -0.1) is 0 Å². The molecule has 3 rings (SSSR count). The molecule has 0 aliphatic heterocycles. The quantitative estimate of drug-likeness (QED) is 0.662. The molecular weight excluding hydrogens is 388 g/mol. The molecule has 0 radical (unpaired) electrons. The highest BCUT2D eigenvalue weighted by atomic mass is 35.5. The Morgan fingerprint density at radius 3 is 2.57 bits per heavy atom. The van der Waals surface area contributed by atoms with Crippen molar-refractivity contribution in [3.63, 3.8) is 0 Å². The maximum absolute atomic E-state index is 12.6. The zero-order chi connectivity index (χ0) is 20.6. The van der Waals surface area contributed by atoms with E-state index in [1.807, 2.05) is 0 Å². The third kappa shape index (κ3) is 3.54. The van der Waals surface area contributed by atoms with Crippen molar-refractivity contribution in [1.29, 1.82) is 0 Å². The molecular formula is C17H17ClN6O4. The Kier molecular flexibility index (Phi) is 5.06. The van der Waals surface area contributed by atoms with Gasteiger partial charge in [-0.3, -0.25) is 19.0 Å². The van der Waals surface area contributed by atoms with E-state index in [4.69, 9.17) is 11.6 Å². The summed E-state index contributed by atoms with van der Waals surface area (Å²) >= 11 is 6.08. The molecule has 0 spiro atoms. The first-order valence-electron chi connectivity index (χ1n) is 8.17. The number of aryl methyl sites for hydroxylation is 2. The van der Waals surface area contributed by atoms with Gasteiger partial charge >= 0.3 is 5.69 Å². The van der Waals surface area contributed by atoms with E-state index in [0.29, 0.717) is 5.69 Å². The first-order chi connectivity index (χ1) is 13.2. The van der Waals surface area contributed by atoms with Gasteiger partial charge in [0.25, 0.3) is 5.56 Å². The number of imidazole rings is 1. The zero-order valence-corrected chi connectivity index (χ0v) is 16.1. The van der Waals surface area contributed by atoms with Crippen molar-refractivity contribution in [2.45, 2.75) is 13.5 Å². The van der Waals surface area contributed by atoms with Crippen molar-refractivity contribution in [3.8, 4) is 0 Å². The van der Waals surface area contributed by atoms with Crippen molar-refractivity contribution < 1.29 is 9.59 Å². The first kappa shape index (κ1) is 19.4. The van der Waals surface area contributed by atoms with Crippen LogP contribution in [0.4, 0.5) is 11.4 Å². The normalized spacial score (nSPS) is 10.9. The van der Waals surface area contributed by atoms with Gasteiger partial charge in [0.05, 0.1) is 17.0 Å². The smallest absolute Gasteiger partial charge is 0.328 e. The molecule has 2 N–H and O–H groups in total.